The average Bonchev–Trinajstić information content (AvgIpc) is 2.30. The average molecular weight is 273 g/mol. The number of hydrogen-bond donors (Lipinski definition) is 2. The van der Waals surface area contributed by atoms with Crippen LogP contribution in [-0.4, -0.2) is 29.5 Å². The van der Waals surface area contributed by atoms with Crippen LogP contribution < -0.4 is 5.73 Å². The minimum absolute atomic E-state index is 0.0734. The molecule has 4 nitrogen and oxygen atoms in total. The summed E-state index contributed by atoms with van der Waals surface area (Å²) < 4.78 is 17.7. The van der Waals surface area contributed by atoms with Crippen molar-refractivity contribution in [3.8, 4) is 0 Å². The zero-order chi connectivity index (χ0) is 13.5. The van der Waals surface area contributed by atoms with Gasteiger partial charge in [-0.25, -0.2) is 4.39 Å². The van der Waals surface area contributed by atoms with Crippen molar-refractivity contribution in [2.45, 2.75) is 24.3 Å². The molecule has 0 aliphatic heterocycles. The van der Waals surface area contributed by atoms with Gasteiger partial charge in [-0.2, -0.15) is 0 Å². The van der Waals surface area contributed by atoms with Gasteiger partial charge in [0.25, 0.3) is 0 Å². The van der Waals surface area contributed by atoms with Gasteiger partial charge in [0, 0.05) is 16.3 Å². The highest BCUT2D eigenvalue weighted by Crippen LogP contribution is 2.26. The minimum Gasteiger partial charge on any atom is -0.466 e. The number of carbonyl (C=O) groups excluding carboxylic acids is 1. The molecule has 1 aromatic carbocycles. The minimum atomic E-state index is -0.836. The third-order valence-electron chi connectivity index (χ3n) is 2.11. The Morgan fingerprint density at radius 2 is 2.33 bits per heavy atom. The Bertz CT molecular complexity index is 414. The molecule has 3 N–H and O–H groups in total. The summed E-state index contributed by atoms with van der Waals surface area (Å²) in [6, 6.07) is 4.04. The van der Waals surface area contributed by atoms with E-state index in [0.717, 1.165) is 0 Å². The van der Waals surface area contributed by atoms with Crippen molar-refractivity contribution >= 4 is 23.4 Å². The van der Waals surface area contributed by atoms with Gasteiger partial charge in [-0.3, -0.25) is 4.79 Å². The second-order valence-electron chi connectivity index (χ2n) is 3.66. The van der Waals surface area contributed by atoms with Crippen LogP contribution in [0.15, 0.2) is 23.1 Å². The molecule has 18 heavy (non-hydrogen) atoms. The number of halogens is 1. The smallest absolute Gasteiger partial charge is 0.308 e. The summed E-state index contributed by atoms with van der Waals surface area (Å²) in [5.74, 6) is -0.573. The van der Waals surface area contributed by atoms with E-state index in [1.165, 1.54) is 30.0 Å². The molecular weight excluding hydrogens is 257 g/mol. The molecule has 100 valence electrons. The normalized spacial score (nSPS) is 12.2. The van der Waals surface area contributed by atoms with Crippen molar-refractivity contribution in [1.82, 2.24) is 0 Å². The second kappa shape index (κ2) is 7.23. The van der Waals surface area contributed by atoms with Crippen molar-refractivity contribution in [2.75, 3.05) is 18.1 Å². The topological polar surface area (TPSA) is 72.5 Å². The number of thioether (sulfide) groups is 1. The number of hydrogen-bond acceptors (Lipinski definition) is 5. The molecule has 0 amide bonds. The van der Waals surface area contributed by atoms with Crippen LogP contribution in [0, 0.1) is 5.82 Å². The fourth-order valence-electron chi connectivity index (χ4n) is 1.29. The summed E-state index contributed by atoms with van der Waals surface area (Å²) >= 11 is 1.21. The van der Waals surface area contributed by atoms with E-state index in [0.29, 0.717) is 10.6 Å². The molecule has 0 aliphatic carbocycles. The van der Waals surface area contributed by atoms with E-state index >= 15 is 0 Å². The zero-order valence-electron chi connectivity index (χ0n) is 10.1. The lowest BCUT2D eigenvalue weighted by molar-refractivity contribution is -0.144. The van der Waals surface area contributed by atoms with E-state index in [9.17, 15) is 14.3 Å². The summed E-state index contributed by atoms with van der Waals surface area (Å²) in [6.45, 7) is 1.99. The number of anilines is 1. The molecule has 0 saturated carbocycles. The van der Waals surface area contributed by atoms with Gasteiger partial charge in [0.05, 0.1) is 19.1 Å². The first-order valence-electron chi connectivity index (χ1n) is 5.54. The van der Waals surface area contributed by atoms with E-state index in [4.69, 9.17) is 10.5 Å². The fourth-order valence-corrected chi connectivity index (χ4v) is 2.21. The van der Waals surface area contributed by atoms with Crippen molar-refractivity contribution in [1.29, 1.82) is 0 Å². The summed E-state index contributed by atoms with van der Waals surface area (Å²) in [5, 5.41) is 9.61. The number of ether oxygens (including phenoxy) is 1. The molecule has 0 aliphatic rings. The van der Waals surface area contributed by atoms with Gasteiger partial charge < -0.3 is 15.6 Å². The maximum atomic E-state index is 13.0. The third-order valence-corrected chi connectivity index (χ3v) is 3.33. The van der Waals surface area contributed by atoms with E-state index in [1.54, 1.807) is 6.92 Å². The lowest BCUT2D eigenvalue weighted by Gasteiger charge is -2.10. The number of carbonyl (C=O) groups is 1. The van der Waals surface area contributed by atoms with E-state index in [2.05, 4.69) is 0 Å². The fraction of sp³-hybridized carbons (Fsp3) is 0.417. The molecule has 0 bridgehead atoms. The lowest BCUT2D eigenvalue weighted by Crippen LogP contribution is -2.17. The number of aliphatic hydroxyl groups excluding tert-OH is 1. The molecule has 0 aromatic heterocycles. The monoisotopic (exact) mass is 273 g/mol. The zero-order valence-corrected chi connectivity index (χ0v) is 10.9. The van der Waals surface area contributed by atoms with Crippen LogP contribution in [-0.2, 0) is 9.53 Å². The summed E-state index contributed by atoms with van der Waals surface area (Å²) in [7, 11) is 0. The lowest BCUT2D eigenvalue weighted by atomic mass is 10.3. The predicted molar refractivity (Wildman–Crippen MR) is 68.8 cm³/mol. The van der Waals surface area contributed by atoms with Gasteiger partial charge in [0.15, 0.2) is 0 Å². The number of esters is 1. The Morgan fingerprint density at radius 1 is 1.61 bits per heavy atom. The van der Waals surface area contributed by atoms with Crippen LogP contribution in [0.1, 0.15) is 13.3 Å². The molecule has 0 radical (unpaired) electrons. The number of nitrogen functional groups attached to an aromatic ring is 1. The van der Waals surface area contributed by atoms with Gasteiger partial charge >= 0.3 is 5.97 Å². The van der Waals surface area contributed by atoms with Crippen LogP contribution in [0.2, 0.25) is 0 Å². The van der Waals surface area contributed by atoms with Gasteiger partial charge in [-0.1, -0.05) is 0 Å². The standard InChI is InChI=1S/C12H16FNO3S/c1-2-17-12(16)6-9(15)7-18-11-5-8(13)3-4-10(11)14/h3-5,9,15H,2,6-7,14H2,1H3. The highest BCUT2D eigenvalue weighted by atomic mass is 32.2. The van der Waals surface area contributed by atoms with Crippen LogP contribution in [0.25, 0.3) is 0 Å². The van der Waals surface area contributed by atoms with Crippen molar-refractivity contribution < 1.29 is 19.0 Å². The summed E-state index contributed by atoms with van der Waals surface area (Å²) in [4.78, 5) is 11.7. The van der Waals surface area contributed by atoms with Crippen molar-refractivity contribution in [3.05, 3.63) is 24.0 Å². The highest BCUT2D eigenvalue weighted by molar-refractivity contribution is 7.99. The second-order valence-corrected chi connectivity index (χ2v) is 4.72. The van der Waals surface area contributed by atoms with Crippen LogP contribution in [0.3, 0.4) is 0 Å². The van der Waals surface area contributed by atoms with E-state index in [1.807, 2.05) is 0 Å². The summed E-state index contributed by atoms with van der Waals surface area (Å²) in [5.41, 5.74) is 6.11. The Morgan fingerprint density at radius 3 is 3.00 bits per heavy atom. The first-order valence-corrected chi connectivity index (χ1v) is 6.53. The largest absolute Gasteiger partial charge is 0.466 e. The number of nitrogens with two attached hydrogens (primary N) is 1. The van der Waals surface area contributed by atoms with Gasteiger partial charge in [0.2, 0.25) is 0 Å². The third kappa shape index (κ3) is 4.93. The number of aliphatic hydroxyl groups is 1. The maximum Gasteiger partial charge on any atom is 0.308 e. The molecule has 1 rings (SSSR count). The summed E-state index contributed by atoms with van der Waals surface area (Å²) in [6.07, 6.45) is -0.910. The van der Waals surface area contributed by atoms with Crippen molar-refractivity contribution in [3.63, 3.8) is 0 Å². The Labute approximate surface area is 109 Å². The molecular formula is C12H16FNO3S. The van der Waals surface area contributed by atoms with Crippen molar-refractivity contribution in [2.24, 2.45) is 0 Å². The Kier molecular flexibility index (Phi) is 5.94. The predicted octanol–water partition coefficient (Wildman–Crippen LogP) is 1.81. The quantitative estimate of drug-likeness (QED) is 0.470. The molecule has 0 fully saturated rings. The molecule has 0 heterocycles. The first kappa shape index (κ1) is 14.8. The van der Waals surface area contributed by atoms with Crippen LogP contribution in [0.4, 0.5) is 10.1 Å². The molecule has 1 aromatic rings. The van der Waals surface area contributed by atoms with Gasteiger partial charge in [0.1, 0.15) is 5.82 Å². The SMILES string of the molecule is CCOC(=O)CC(O)CSc1cc(F)ccc1N. The molecule has 0 spiro atoms. The first-order chi connectivity index (χ1) is 8.52. The highest BCUT2D eigenvalue weighted by Gasteiger charge is 2.13. The van der Waals surface area contributed by atoms with E-state index < -0.39 is 12.1 Å². The number of rotatable bonds is 6. The molecule has 6 heteroatoms. The number of benzene rings is 1. The molecule has 0 saturated heterocycles. The molecule has 1 unspecified atom stereocenters. The maximum absolute atomic E-state index is 13.0. The molecule has 1 atom stereocenters. The van der Waals surface area contributed by atoms with Crippen LogP contribution >= 0.6 is 11.8 Å². The van der Waals surface area contributed by atoms with Gasteiger partial charge in [-0.05, 0) is 25.1 Å². The van der Waals surface area contributed by atoms with Crippen LogP contribution in [0.5, 0.6) is 0 Å². The Balaban J connectivity index is 2.44. The van der Waals surface area contributed by atoms with E-state index in [-0.39, 0.29) is 24.6 Å². The Hall–Kier alpha value is -1.27. The van der Waals surface area contributed by atoms with Gasteiger partial charge in [-0.15, -0.1) is 11.8 Å².